The second-order valence-electron chi connectivity index (χ2n) is 7.33. The largest absolute Gasteiger partial charge is 0.377 e. The molecule has 0 spiro atoms. The highest BCUT2D eigenvalue weighted by molar-refractivity contribution is 7.88. The molecule has 2 rings (SSSR count). The van der Waals surface area contributed by atoms with Crippen LogP contribution in [0.3, 0.4) is 0 Å². The zero-order valence-corrected chi connectivity index (χ0v) is 15.6. The Morgan fingerprint density at radius 2 is 1.70 bits per heavy atom. The van der Waals surface area contributed by atoms with Crippen LogP contribution in [0, 0.1) is 11.8 Å². The molecule has 2 fully saturated rings. The molecule has 0 amide bonds. The Balaban J connectivity index is 1.55. The molecule has 0 bridgehead atoms. The van der Waals surface area contributed by atoms with E-state index in [9.17, 15) is 8.42 Å². The van der Waals surface area contributed by atoms with Crippen LogP contribution in [-0.2, 0) is 14.8 Å². The molecular formula is C17H34N2O3S. The van der Waals surface area contributed by atoms with E-state index in [0.717, 1.165) is 24.7 Å². The summed E-state index contributed by atoms with van der Waals surface area (Å²) in [6.45, 7) is 7.00. The lowest BCUT2D eigenvalue weighted by atomic mass is 9.86. The van der Waals surface area contributed by atoms with Crippen molar-refractivity contribution in [2.45, 2.75) is 58.0 Å². The number of hydrogen-bond donors (Lipinski definition) is 1. The van der Waals surface area contributed by atoms with E-state index in [1.54, 1.807) is 0 Å². The number of likely N-dealkylation sites (tertiary alicyclic amines) is 1. The van der Waals surface area contributed by atoms with Gasteiger partial charge >= 0.3 is 0 Å². The molecule has 5 nitrogen and oxygen atoms in total. The molecule has 0 aromatic heterocycles. The highest BCUT2D eigenvalue weighted by atomic mass is 32.2. The molecule has 0 atom stereocenters. The fraction of sp³-hybridized carbons (Fsp3) is 1.00. The zero-order chi connectivity index (χ0) is 16.7. The number of nitrogens with zero attached hydrogens (tertiary/aromatic N) is 1. The number of hydrogen-bond acceptors (Lipinski definition) is 4. The van der Waals surface area contributed by atoms with Crippen LogP contribution < -0.4 is 4.72 Å². The van der Waals surface area contributed by atoms with Crippen LogP contribution in [0.1, 0.15) is 51.9 Å². The van der Waals surface area contributed by atoms with Gasteiger partial charge in [-0.15, -0.1) is 0 Å². The third-order valence-corrected chi connectivity index (χ3v) is 6.14. The average molecular weight is 347 g/mol. The van der Waals surface area contributed by atoms with Gasteiger partial charge in [-0.2, -0.15) is 0 Å². The van der Waals surface area contributed by atoms with E-state index in [0.29, 0.717) is 19.3 Å². The lowest BCUT2D eigenvalue weighted by Crippen LogP contribution is -2.38. The summed E-state index contributed by atoms with van der Waals surface area (Å²) < 4.78 is 30.2. The first kappa shape index (κ1) is 19.2. The van der Waals surface area contributed by atoms with Crippen molar-refractivity contribution in [3.8, 4) is 0 Å². The molecule has 136 valence electrons. The summed E-state index contributed by atoms with van der Waals surface area (Å²) >= 11 is 0. The molecule has 0 aromatic rings. The summed E-state index contributed by atoms with van der Waals surface area (Å²) in [5.41, 5.74) is 0. The number of nitrogens with one attached hydrogen (secondary N) is 1. The van der Waals surface area contributed by atoms with Crippen LogP contribution >= 0.6 is 0 Å². The molecule has 2 aliphatic rings. The van der Waals surface area contributed by atoms with Gasteiger partial charge in [0.25, 0.3) is 0 Å². The Hall–Kier alpha value is -0.170. The first-order valence-electron chi connectivity index (χ1n) is 9.25. The minimum atomic E-state index is -3.09. The van der Waals surface area contributed by atoms with Crippen LogP contribution in [0.2, 0.25) is 0 Å². The Morgan fingerprint density at radius 3 is 2.26 bits per heavy atom. The van der Waals surface area contributed by atoms with Gasteiger partial charge in [0.05, 0.1) is 19.0 Å². The second-order valence-corrected chi connectivity index (χ2v) is 9.17. The van der Waals surface area contributed by atoms with Gasteiger partial charge in [0.2, 0.25) is 10.0 Å². The molecule has 0 unspecified atom stereocenters. The first-order valence-corrected chi connectivity index (χ1v) is 11.1. The Bertz CT molecular complexity index is 425. The number of rotatable bonds is 8. The SMILES string of the molecule is CCC1CCN(CC2CCC(OCCNS(C)(=O)=O)CC2)CC1. The van der Waals surface area contributed by atoms with Crippen molar-refractivity contribution in [3.05, 3.63) is 0 Å². The van der Waals surface area contributed by atoms with E-state index in [4.69, 9.17) is 4.74 Å². The normalized spacial score (nSPS) is 28.1. The van der Waals surface area contributed by atoms with Gasteiger partial charge in [-0.05, 0) is 63.5 Å². The van der Waals surface area contributed by atoms with E-state index >= 15 is 0 Å². The number of ether oxygens (including phenoxy) is 1. The lowest BCUT2D eigenvalue weighted by molar-refractivity contribution is 0.0154. The fourth-order valence-electron chi connectivity index (χ4n) is 3.88. The van der Waals surface area contributed by atoms with Crippen LogP contribution in [-0.4, -0.2) is 58.5 Å². The van der Waals surface area contributed by atoms with E-state index < -0.39 is 10.0 Å². The van der Waals surface area contributed by atoms with E-state index in [1.165, 1.54) is 58.0 Å². The van der Waals surface area contributed by atoms with Gasteiger partial charge in [-0.3, -0.25) is 0 Å². The summed E-state index contributed by atoms with van der Waals surface area (Å²) in [4.78, 5) is 2.66. The van der Waals surface area contributed by atoms with Crippen LogP contribution in [0.15, 0.2) is 0 Å². The van der Waals surface area contributed by atoms with Gasteiger partial charge in [-0.1, -0.05) is 13.3 Å². The Kier molecular flexibility index (Phi) is 7.79. The van der Waals surface area contributed by atoms with Gasteiger partial charge in [0.1, 0.15) is 0 Å². The summed E-state index contributed by atoms with van der Waals surface area (Å²) in [6.07, 6.45) is 10.3. The van der Waals surface area contributed by atoms with Crippen molar-refractivity contribution in [3.63, 3.8) is 0 Å². The summed E-state index contributed by atoms with van der Waals surface area (Å²) in [7, 11) is -3.09. The predicted octanol–water partition coefficient (Wildman–Crippen LogP) is 2.23. The van der Waals surface area contributed by atoms with Gasteiger partial charge in [0.15, 0.2) is 0 Å². The Labute approximate surface area is 142 Å². The monoisotopic (exact) mass is 346 g/mol. The van der Waals surface area contributed by atoms with Crippen LogP contribution in [0.4, 0.5) is 0 Å². The standard InChI is InChI=1S/C17H34N2O3S/c1-3-15-8-11-19(12-9-15)14-16-4-6-17(7-5-16)22-13-10-18-23(2,20)21/h15-18H,3-14H2,1-2H3. The molecule has 0 aromatic carbocycles. The van der Waals surface area contributed by atoms with Crippen molar-refractivity contribution >= 4 is 10.0 Å². The topological polar surface area (TPSA) is 58.6 Å². The molecule has 0 radical (unpaired) electrons. The third kappa shape index (κ3) is 7.50. The molecule has 1 heterocycles. The fourth-order valence-corrected chi connectivity index (χ4v) is 4.33. The van der Waals surface area contributed by atoms with E-state index in [2.05, 4.69) is 16.5 Å². The lowest BCUT2D eigenvalue weighted by Gasteiger charge is -2.36. The predicted molar refractivity (Wildman–Crippen MR) is 94.0 cm³/mol. The molecular weight excluding hydrogens is 312 g/mol. The molecule has 1 aliphatic carbocycles. The number of piperidine rings is 1. The second kappa shape index (κ2) is 9.35. The maximum atomic E-state index is 11.0. The van der Waals surface area contributed by atoms with Crippen molar-refractivity contribution in [2.75, 3.05) is 39.0 Å². The molecule has 1 aliphatic heterocycles. The summed E-state index contributed by atoms with van der Waals surface area (Å²) in [5, 5.41) is 0. The highest BCUT2D eigenvalue weighted by Gasteiger charge is 2.25. The quantitative estimate of drug-likeness (QED) is 0.685. The minimum Gasteiger partial charge on any atom is -0.377 e. The number of sulfonamides is 1. The van der Waals surface area contributed by atoms with Crippen LogP contribution in [0.5, 0.6) is 0 Å². The van der Waals surface area contributed by atoms with Gasteiger partial charge in [0, 0.05) is 13.1 Å². The Morgan fingerprint density at radius 1 is 1.04 bits per heavy atom. The van der Waals surface area contributed by atoms with E-state index in [-0.39, 0.29) is 0 Å². The van der Waals surface area contributed by atoms with Gasteiger partial charge < -0.3 is 9.64 Å². The third-order valence-electron chi connectivity index (χ3n) is 5.41. The van der Waals surface area contributed by atoms with Crippen LogP contribution in [0.25, 0.3) is 0 Å². The summed E-state index contributed by atoms with van der Waals surface area (Å²) in [6, 6.07) is 0. The maximum absolute atomic E-state index is 11.0. The van der Waals surface area contributed by atoms with Crippen molar-refractivity contribution in [1.82, 2.24) is 9.62 Å². The maximum Gasteiger partial charge on any atom is 0.208 e. The smallest absolute Gasteiger partial charge is 0.208 e. The van der Waals surface area contributed by atoms with Crippen molar-refractivity contribution < 1.29 is 13.2 Å². The van der Waals surface area contributed by atoms with Gasteiger partial charge in [-0.25, -0.2) is 13.1 Å². The molecule has 1 saturated heterocycles. The van der Waals surface area contributed by atoms with E-state index in [1.807, 2.05) is 0 Å². The molecule has 1 N–H and O–H groups in total. The van der Waals surface area contributed by atoms with Crippen molar-refractivity contribution in [1.29, 1.82) is 0 Å². The first-order chi connectivity index (χ1) is 11.0. The zero-order valence-electron chi connectivity index (χ0n) is 14.8. The molecule has 6 heteroatoms. The van der Waals surface area contributed by atoms with Crippen molar-refractivity contribution in [2.24, 2.45) is 11.8 Å². The molecule has 23 heavy (non-hydrogen) atoms. The molecule has 1 saturated carbocycles. The average Bonchev–Trinajstić information content (AvgIpc) is 2.53. The highest BCUT2D eigenvalue weighted by Crippen LogP contribution is 2.28. The summed E-state index contributed by atoms with van der Waals surface area (Å²) in [5.74, 6) is 1.78. The minimum absolute atomic E-state index is 0.318.